The van der Waals surface area contributed by atoms with Gasteiger partial charge in [0.1, 0.15) is 6.29 Å². The average Bonchev–Trinajstić information content (AvgIpc) is 2.64. The molecule has 2 heteroatoms. The summed E-state index contributed by atoms with van der Waals surface area (Å²) in [6.07, 6.45) is 7.78. The van der Waals surface area contributed by atoms with Gasteiger partial charge in [0.15, 0.2) is 0 Å². The van der Waals surface area contributed by atoms with E-state index in [2.05, 4.69) is 13.8 Å². The molecule has 0 N–H and O–H groups in total. The summed E-state index contributed by atoms with van der Waals surface area (Å²) in [4.78, 5) is 11.0. The van der Waals surface area contributed by atoms with Gasteiger partial charge in [0.25, 0.3) is 0 Å². The minimum atomic E-state index is 0.214. The summed E-state index contributed by atoms with van der Waals surface area (Å²) in [5.41, 5.74) is 0.346. The van der Waals surface area contributed by atoms with Crippen LogP contribution >= 0.6 is 0 Å². The van der Waals surface area contributed by atoms with Crippen molar-refractivity contribution in [2.24, 2.45) is 23.2 Å². The van der Waals surface area contributed by atoms with Gasteiger partial charge in [-0.15, -0.1) is 0 Å². The van der Waals surface area contributed by atoms with Crippen molar-refractivity contribution in [1.29, 1.82) is 0 Å². The van der Waals surface area contributed by atoms with Crippen LogP contribution in [0.1, 0.15) is 46.0 Å². The maximum absolute atomic E-state index is 11.0. The van der Waals surface area contributed by atoms with Crippen molar-refractivity contribution < 1.29 is 9.53 Å². The van der Waals surface area contributed by atoms with E-state index in [0.29, 0.717) is 23.4 Å². The Labute approximate surface area is 98.7 Å². The summed E-state index contributed by atoms with van der Waals surface area (Å²) in [7, 11) is 1.84. The number of ether oxygens (including phenoxy) is 1. The molecule has 2 aliphatic rings. The van der Waals surface area contributed by atoms with Crippen molar-refractivity contribution >= 4 is 6.29 Å². The highest BCUT2D eigenvalue weighted by molar-refractivity contribution is 5.53. The molecule has 0 spiro atoms. The van der Waals surface area contributed by atoms with E-state index in [-0.39, 0.29) is 5.92 Å². The normalized spacial score (nSPS) is 45.1. The SMILES string of the molecule is COC1CCC[C@@]2(C)C1CC[C@@H]2[C@@H](C)C=O. The van der Waals surface area contributed by atoms with Crippen molar-refractivity contribution in [3.8, 4) is 0 Å². The zero-order chi connectivity index (χ0) is 11.8. The first-order valence-corrected chi connectivity index (χ1v) is 6.61. The van der Waals surface area contributed by atoms with Crippen molar-refractivity contribution in [3.63, 3.8) is 0 Å². The number of carbonyl (C=O) groups is 1. The topological polar surface area (TPSA) is 26.3 Å². The van der Waals surface area contributed by atoms with Gasteiger partial charge in [-0.25, -0.2) is 0 Å². The number of hydrogen-bond acceptors (Lipinski definition) is 2. The molecule has 0 radical (unpaired) electrons. The van der Waals surface area contributed by atoms with Crippen LogP contribution in [0.15, 0.2) is 0 Å². The van der Waals surface area contributed by atoms with Crippen molar-refractivity contribution in [2.45, 2.75) is 52.1 Å². The molecular formula is C14H24O2. The molecule has 92 valence electrons. The fraction of sp³-hybridized carbons (Fsp3) is 0.929. The summed E-state index contributed by atoms with van der Waals surface area (Å²) in [5, 5.41) is 0. The molecule has 0 aliphatic heterocycles. The summed E-state index contributed by atoms with van der Waals surface area (Å²) in [6, 6.07) is 0. The molecule has 2 unspecified atom stereocenters. The molecule has 0 aromatic rings. The second-order valence-electron chi connectivity index (χ2n) is 5.96. The molecule has 16 heavy (non-hydrogen) atoms. The van der Waals surface area contributed by atoms with Gasteiger partial charge < -0.3 is 9.53 Å². The van der Waals surface area contributed by atoms with Crippen molar-refractivity contribution in [1.82, 2.24) is 0 Å². The van der Waals surface area contributed by atoms with E-state index in [0.717, 1.165) is 6.29 Å². The van der Waals surface area contributed by atoms with E-state index < -0.39 is 0 Å². The lowest BCUT2D eigenvalue weighted by Crippen LogP contribution is -2.42. The molecule has 0 amide bonds. The number of rotatable bonds is 3. The minimum absolute atomic E-state index is 0.214. The van der Waals surface area contributed by atoms with E-state index in [1.54, 1.807) is 0 Å². The lowest BCUT2D eigenvalue weighted by atomic mass is 9.62. The van der Waals surface area contributed by atoms with Crippen LogP contribution in [0.4, 0.5) is 0 Å². The van der Waals surface area contributed by atoms with Gasteiger partial charge in [-0.1, -0.05) is 20.3 Å². The summed E-state index contributed by atoms with van der Waals surface area (Å²) in [5.74, 6) is 1.47. The third-order valence-electron chi connectivity index (χ3n) is 5.29. The third kappa shape index (κ3) is 1.71. The van der Waals surface area contributed by atoms with Gasteiger partial charge >= 0.3 is 0 Å². The molecule has 2 aliphatic carbocycles. The Bertz CT molecular complexity index is 263. The molecule has 0 saturated heterocycles. The summed E-state index contributed by atoms with van der Waals surface area (Å²) in [6.45, 7) is 4.47. The van der Waals surface area contributed by atoms with Crippen LogP contribution < -0.4 is 0 Å². The highest BCUT2D eigenvalue weighted by atomic mass is 16.5. The van der Waals surface area contributed by atoms with Crippen LogP contribution in [-0.4, -0.2) is 19.5 Å². The fourth-order valence-corrected chi connectivity index (χ4v) is 4.40. The predicted molar refractivity (Wildman–Crippen MR) is 64.2 cm³/mol. The van der Waals surface area contributed by atoms with Gasteiger partial charge in [0.05, 0.1) is 6.10 Å². The van der Waals surface area contributed by atoms with Gasteiger partial charge in [-0.3, -0.25) is 0 Å². The lowest BCUT2D eigenvalue weighted by Gasteiger charge is -2.45. The smallest absolute Gasteiger partial charge is 0.123 e. The first-order chi connectivity index (χ1) is 7.63. The largest absolute Gasteiger partial charge is 0.381 e. The molecule has 0 bridgehead atoms. The number of aldehydes is 1. The van der Waals surface area contributed by atoms with Gasteiger partial charge in [-0.2, -0.15) is 0 Å². The average molecular weight is 224 g/mol. The second-order valence-corrected chi connectivity index (χ2v) is 5.96. The quantitative estimate of drug-likeness (QED) is 0.689. The van der Waals surface area contributed by atoms with Crippen LogP contribution in [0.25, 0.3) is 0 Å². The van der Waals surface area contributed by atoms with Crippen LogP contribution in [0.3, 0.4) is 0 Å². The maximum atomic E-state index is 11.0. The van der Waals surface area contributed by atoms with E-state index in [1.807, 2.05) is 7.11 Å². The highest BCUT2D eigenvalue weighted by Crippen LogP contribution is 2.57. The Morgan fingerprint density at radius 1 is 1.38 bits per heavy atom. The molecule has 2 rings (SSSR count). The van der Waals surface area contributed by atoms with E-state index in [4.69, 9.17) is 4.74 Å². The summed E-state index contributed by atoms with van der Waals surface area (Å²) >= 11 is 0. The number of methoxy groups -OCH3 is 1. The fourth-order valence-electron chi connectivity index (χ4n) is 4.40. The van der Waals surface area contributed by atoms with E-state index >= 15 is 0 Å². The first-order valence-electron chi connectivity index (χ1n) is 6.61. The zero-order valence-electron chi connectivity index (χ0n) is 10.7. The van der Waals surface area contributed by atoms with Gasteiger partial charge in [-0.05, 0) is 42.9 Å². The predicted octanol–water partition coefficient (Wildman–Crippen LogP) is 3.05. The van der Waals surface area contributed by atoms with Crippen molar-refractivity contribution in [3.05, 3.63) is 0 Å². The lowest BCUT2D eigenvalue weighted by molar-refractivity contribution is -0.115. The van der Waals surface area contributed by atoms with Crippen LogP contribution in [0.5, 0.6) is 0 Å². The Morgan fingerprint density at radius 3 is 2.75 bits per heavy atom. The molecule has 0 aromatic carbocycles. The third-order valence-corrected chi connectivity index (χ3v) is 5.29. The number of hydrogen-bond donors (Lipinski definition) is 0. The van der Waals surface area contributed by atoms with Crippen LogP contribution in [-0.2, 0) is 9.53 Å². The maximum Gasteiger partial charge on any atom is 0.123 e. The minimum Gasteiger partial charge on any atom is -0.381 e. The Morgan fingerprint density at radius 2 is 2.12 bits per heavy atom. The Hall–Kier alpha value is -0.370. The van der Waals surface area contributed by atoms with E-state index in [1.165, 1.54) is 32.1 Å². The Kier molecular flexibility index (Phi) is 3.39. The highest BCUT2D eigenvalue weighted by Gasteiger charge is 2.52. The van der Waals surface area contributed by atoms with Gasteiger partial charge in [0, 0.05) is 13.0 Å². The van der Waals surface area contributed by atoms with Gasteiger partial charge in [0.2, 0.25) is 0 Å². The standard InChI is InChI=1S/C14H24O2/c1-10(9-15)11-6-7-12-13(16-3)5-4-8-14(11,12)2/h9-13H,4-8H2,1-3H3/t10-,11+,12?,13?,14+/m0/s1. The first kappa shape index (κ1) is 12.1. The molecule has 2 saturated carbocycles. The zero-order valence-corrected chi connectivity index (χ0v) is 10.7. The summed E-state index contributed by atoms with van der Waals surface area (Å²) < 4.78 is 5.64. The van der Waals surface area contributed by atoms with Crippen molar-refractivity contribution in [2.75, 3.05) is 7.11 Å². The van der Waals surface area contributed by atoms with E-state index in [9.17, 15) is 4.79 Å². The Balaban J connectivity index is 2.20. The monoisotopic (exact) mass is 224 g/mol. The second kappa shape index (κ2) is 4.48. The number of fused-ring (bicyclic) bond motifs is 1. The molecule has 2 fully saturated rings. The van der Waals surface area contributed by atoms with Crippen LogP contribution in [0, 0.1) is 23.2 Å². The molecular weight excluding hydrogens is 200 g/mol. The number of carbonyl (C=O) groups excluding carboxylic acids is 1. The van der Waals surface area contributed by atoms with Crippen LogP contribution in [0.2, 0.25) is 0 Å². The molecule has 2 nitrogen and oxygen atoms in total. The molecule has 5 atom stereocenters. The molecule has 0 aromatic heterocycles. The molecule has 0 heterocycles.